The standard InChI is InChI=1S/C28H35F2N3O4/c29-9-12-31-11-8-26(25(30)19-31)37-23-5-6-24-27(15-23)36-14-13-33(28(24)35)18-22(34)17-32-10-7-20-3-1-2-4-21(20)16-32/h1-6,15,22,25-26,34H,7-14,16-19H2. The number of hydrogen-bond donors (Lipinski definition) is 1. The number of alkyl halides is 2. The predicted molar refractivity (Wildman–Crippen MR) is 136 cm³/mol. The Labute approximate surface area is 216 Å². The summed E-state index contributed by atoms with van der Waals surface area (Å²) in [6, 6.07) is 13.3. The van der Waals surface area contributed by atoms with Crippen molar-refractivity contribution < 1.29 is 28.2 Å². The molecule has 0 radical (unpaired) electrons. The van der Waals surface area contributed by atoms with E-state index in [0.717, 1.165) is 19.5 Å². The number of piperidine rings is 1. The molecule has 1 N–H and O–H groups in total. The van der Waals surface area contributed by atoms with E-state index >= 15 is 0 Å². The van der Waals surface area contributed by atoms with Crippen molar-refractivity contribution in [1.29, 1.82) is 0 Å². The lowest BCUT2D eigenvalue weighted by atomic mass is 10.00. The summed E-state index contributed by atoms with van der Waals surface area (Å²) in [6.07, 6.45) is -1.09. The number of β-amino-alcohol motifs (C(OH)–C–C–N with tert-alkyl or cyclic N) is 1. The maximum Gasteiger partial charge on any atom is 0.257 e. The maximum absolute atomic E-state index is 14.6. The number of hydrogen-bond acceptors (Lipinski definition) is 6. The smallest absolute Gasteiger partial charge is 0.257 e. The van der Waals surface area contributed by atoms with Crippen molar-refractivity contribution in [2.24, 2.45) is 0 Å². The van der Waals surface area contributed by atoms with Crippen molar-refractivity contribution in [2.75, 3.05) is 59.1 Å². The number of ether oxygens (including phenoxy) is 2. The Balaban J connectivity index is 1.17. The molecule has 0 aromatic heterocycles. The number of halogens is 2. The minimum Gasteiger partial charge on any atom is -0.491 e. The number of fused-ring (bicyclic) bond motifs is 2. The lowest BCUT2D eigenvalue weighted by Crippen LogP contribution is -2.47. The van der Waals surface area contributed by atoms with Gasteiger partial charge in [0.1, 0.15) is 37.1 Å². The summed E-state index contributed by atoms with van der Waals surface area (Å²) in [6.45, 7) is 3.52. The fourth-order valence-corrected chi connectivity index (χ4v) is 5.48. The fourth-order valence-electron chi connectivity index (χ4n) is 5.48. The van der Waals surface area contributed by atoms with Crippen molar-refractivity contribution in [3.8, 4) is 11.5 Å². The molecule has 9 heteroatoms. The molecule has 2 aromatic carbocycles. The number of aliphatic hydroxyl groups excluding tert-OH is 1. The molecule has 1 amide bonds. The number of likely N-dealkylation sites (tertiary alicyclic amines) is 1. The average molecular weight is 516 g/mol. The Bertz CT molecular complexity index is 1090. The zero-order valence-electron chi connectivity index (χ0n) is 21.0. The number of aliphatic hydroxyl groups is 1. The number of benzene rings is 2. The van der Waals surface area contributed by atoms with E-state index in [2.05, 4.69) is 23.1 Å². The van der Waals surface area contributed by atoms with E-state index < -0.39 is 25.1 Å². The summed E-state index contributed by atoms with van der Waals surface area (Å²) in [5, 5.41) is 10.8. The van der Waals surface area contributed by atoms with Crippen LogP contribution in [0.2, 0.25) is 0 Å². The molecule has 200 valence electrons. The van der Waals surface area contributed by atoms with Crippen molar-refractivity contribution in [3.05, 3.63) is 59.2 Å². The zero-order chi connectivity index (χ0) is 25.8. The van der Waals surface area contributed by atoms with Gasteiger partial charge in [-0.25, -0.2) is 8.78 Å². The normalized spacial score (nSPS) is 23.5. The minimum atomic E-state index is -1.22. The SMILES string of the molecule is O=C1c2ccc(OC3CCN(CCF)CC3F)cc2OCCN1CC(O)CN1CCc2ccccc2C1. The van der Waals surface area contributed by atoms with E-state index in [0.29, 0.717) is 49.7 Å². The molecule has 37 heavy (non-hydrogen) atoms. The molecule has 0 spiro atoms. The molecule has 0 aliphatic carbocycles. The zero-order valence-corrected chi connectivity index (χ0v) is 21.0. The van der Waals surface area contributed by atoms with Crippen LogP contribution >= 0.6 is 0 Å². The number of carbonyl (C=O) groups is 1. The third-order valence-electron chi connectivity index (χ3n) is 7.45. The highest BCUT2D eigenvalue weighted by Gasteiger charge is 2.32. The van der Waals surface area contributed by atoms with Crippen LogP contribution in [0.3, 0.4) is 0 Å². The first-order valence-electron chi connectivity index (χ1n) is 13.1. The first-order valence-corrected chi connectivity index (χ1v) is 13.1. The highest BCUT2D eigenvalue weighted by Crippen LogP contribution is 2.30. The van der Waals surface area contributed by atoms with Gasteiger partial charge < -0.3 is 19.5 Å². The predicted octanol–water partition coefficient (Wildman–Crippen LogP) is 2.70. The van der Waals surface area contributed by atoms with Crippen molar-refractivity contribution in [3.63, 3.8) is 0 Å². The van der Waals surface area contributed by atoms with E-state index in [9.17, 15) is 18.7 Å². The van der Waals surface area contributed by atoms with Crippen LogP contribution in [0.4, 0.5) is 8.78 Å². The quantitative estimate of drug-likeness (QED) is 0.584. The van der Waals surface area contributed by atoms with E-state index in [1.54, 1.807) is 28.0 Å². The highest BCUT2D eigenvalue weighted by molar-refractivity contribution is 5.97. The fraction of sp³-hybridized carbons (Fsp3) is 0.536. The molecule has 5 rings (SSSR count). The lowest BCUT2D eigenvalue weighted by molar-refractivity contribution is 0.0201. The van der Waals surface area contributed by atoms with Gasteiger partial charge in [-0.3, -0.25) is 14.6 Å². The van der Waals surface area contributed by atoms with Crippen molar-refractivity contribution in [2.45, 2.75) is 37.8 Å². The molecule has 1 saturated heterocycles. The summed E-state index contributed by atoms with van der Waals surface area (Å²) in [5.74, 6) is 0.638. The van der Waals surface area contributed by atoms with Crippen LogP contribution in [-0.4, -0.2) is 103 Å². The van der Waals surface area contributed by atoms with Crippen molar-refractivity contribution in [1.82, 2.24) is 14.7 Å². The van der Waals surface area contributed by atoms with Gasteiger partial charge in [-0.05, 0) is 36.1 Å². The van der Waals surface area contributed by atoms with E-state index in [1.165, 1.54) is 11.1 Å². The lowest BCUT2D eigenvalue weighted by Gasteiger charge is -2.34. The van der Waals surface area contributed by atoms with Crippen LogP contribution in [0.5, 0.6) is 11.5 Å². The summed E-state index contributed by atoms with van der Waals surface area (Å²) < 4.78 is 38.9. The summed E-state index contributed by atoms with van der Waals surface area (Å²) in [7, 11) is 0. The second-order valence-electron chi connectivity index (χ2n) is 10.1. The number of rotatable bonds is 8. The van der Waals surface area contributed by atoms with Gasteiger partial charge in [-0.15, -0.1) is 0 Å². The third-order valence-corrected chi connectivity index (χ3v) is 7.45. The summed E-state index contributed by atoms with van der Waals surface area (Å²) in [5.41, 5.74) is 3.05. The van der Waals surface area contributed by atoms with Crippen LogP contribution < -0.4 is 9.47 Å². The molecular formula is C28H35F2N3O4. The van der Waals surface area contributed by atoms with E-state index in [-0.39, 0.29) is 25.5 Å². The Kier molecular flexibility index (Phi) is 8.22. The summed E-state index contributed by atoms with van der Waals surface area (Å²) >= 11 is 0. The number of nitrogens with zero attached hydrogens (tertiary/aromatic N) is 3. The maximum atomic E-state index is 14.6. The Morgan fingerprint density at radius 2 is 1.92 bits per heavy atom. The first-order chi connectivity index (χ1) is 18.0. The van der Waals surface area contributed by atoms with Gasteiger partial charge in [0.05, 0.1) is 18.2 Å². The van der Waals surface area contributed by atoms with Gasteiger partial charge in [-0.1, -0.05) is 24.3 Å². The van der Waals surface area contributed by atoms with Crippen molar-refractivity contribution >= 4 is 5.91 Å². The highest BCUT2D eigenvalue weighted by atomic mass is 19.1. The number of carbonyl (C=O) groups excluding carboxylic acids is 1. The minimum absolute atomic E-state index is 0.149. The largest absolute Gasteiger partial charge is 0.491 e. The average Bonchev–Trinajstić information content (AvgIpc) is 3.04. The molecule has 2 aromatic rings. The Hall–Kier alpha value is -2.75. The van der Waals surface area contributed by atoms with E-state index in [1.807, 2.05) is 6.07 Å². The van der Waals surface area contributed by atoms with Gasteiger partial charge in [0, 0.05) is 51.9 Å². The van der Waals surface area contributed by atoms with Gasteiger partial charge in [0.25, 0.3) is 5.91 Å². The Morgan fingerprint density at radius 3 is 2.73 bits per heavy atom. The molecule has 0 bridgehead atoms. The second-order valence-corrected chi connectivity index (χ2v) is 10.1. The van der Waals surface area contributed by atoms with Crippen LogP contribution in [0.25, 0.3) is 0 Å². The third kappa shape index (κ3) is 6.22. The van der Waals surface area contributed by atoms with Gasteiger partial charge in [-0.2, -0.15) is 0 Å². The molecule has 7 nitrogen and oxygen atoms in total. The molecule has 3 aliphatic heterocycles. The van der Waals surface area contributed by atoms with Gasteiger partial charge in [0.2, 0.25) is 0 Å². The Morgan fingerprint density at radius 1 is 1.08 bits per heavy atom. The monoisotopic (exact) mass is 515 g/mol. The van der Waals surface area contributed by atoms with Gasteiger partial charge in [0.15, 0.2) is 0 Å². The molecule has 3 aliphatic rings. The van der Waals surface area contributed by atoms with Crippen LogP contribution in [0.1, 0.15) is 27.9 Å². The molecule has 1 fully saturated rings. The molecule has 0 saturated carbocycles. The summed E-state index contributed by atoms with van der Waals surface area (Å²) in [4.78, 5) is 18.9. The molecule has 3 unspecified atom stereocenters. The van der Waals surface area contributed by atoms with Crippen LogP contribution in [0, 0.1) is 0 Å². The number of amides is 1. The van der Waals surface area contributed by atoms with Crippen LogP contribution in [0.15, 0.2) is 42.5 Å². The molecular weight excluding hydrogens is 480 g/mol. The van der Waals surface area contributed by atoms with Crippen LogP contribution in [-0.2, 0) is 13.0 Å². The van der Waals surface area contributed by atoms with E-state index in [4.69, 9.17) is 9.47 Å². The first kappa shape index (κ1) is 25.9. The molecule has 3 heterocycles. The molecule has 3 atom stereocenters. The second kappa shape index (κ2) is 11.8. The van der Waals surface area contributed by atoms with Gasteiger partial charge >= 0.3 is 0 Å². The topological polar surface area (TPSA) is 65.5 Å².